The van der Waals surface area contributed by atoms with Crippen molar-refractivity contribution in [3.05, 3.63) is 29.6 Å². The van der Waals surface area contributed by atoms with Crippen molar-refractivity contribution in [3.8, 4) is 6.07 Å². The summed E-state index contributed by atoms with van der Waals surface area (Å²) in [4.78, 5) is 11.4. The van der Waals surface area contributed by atoms with Crippen LogP contribution in [0.15, 0.2) is 23.1 Å². The molecule has 0 aliphatic rings. The molecule has 0 atom stereocenters. The Morgan fingerprint density at radius 2 is 2.19 bits per heavy atom. The lowest BCUT2D eigenvalue weighted by Crippen LogP contribution is -2.27. The smallest absolute Gasteiger partial charge is 0.319 e. The average Bonchev–Trinajstić information content (AvgIpc) is 2.20. The molecule has 0 fully saturated rings. The van der Waals surface area contributed by atoms with E-state index in [4.69, 9.17) is 10.4 Å². The first-order valence-corrected chi connectivity index (χ1v) is 5.30. The monoisotopic (exact) mass is 239 g/mol. The Kier molecular flexibility index (Phi) is 3.55. The van der Waals surface area contributed by atoms with E-state index < -0.39 is 16.5 Å². The average molecular weight is 239 g/mol. The summed E-state index contributed by atoms with van der Waals surface area (Å²) >= 11 is 1.03. The molecule has 1 aromatic rings. The zero-order valence-electron chi connectivity index (χ0n) is 8.82. The van der Waals surface area contributed by atoms with Crippen LogP contribution in [0.4, 0.5) is 4.39 Å². The molecular formula is C11H10FNO2S. The predicted molar refractivity (Wildman–Crippen MR) is 58.7 cm³/mol. The van der Waals surface area contributed by atoms with E-state index in [0.29, 0.717) is 4.90 Å². The van der Waals surface area contributed by atoms with Crippen molar-refractivity contribution in [1.82, 2.24) is 0 Å². The van der Waals surface area contributed by atoms with E-state index in [1.165, 1.54) is 26.0 Å². The number of aliphatic carboxylic acids is 1. The third-order valence-corrected chi connectivity index (χ3v) is 3.20. The van der Waals surface area contributed by atoms with Gasteiger partial charge in [0.05, 0.1) is 5.56 Å². The minimum Gasteiger partial charge on any atom is -0.480 e. The molecule has 1 N–H and O–H groups in total. The summed E-state index contributed by atoms with van der Waals surface area (Å²) < 4.78 is 11.8. The number of carbonyl (C=O) groups is 1. The highest BCUT2D eigenvalue weighted by atomic mass is 32.2. The quantitative estimate of drug-likeness (QED) is 0.824. The SMILES string of the molecule is CC(C)(Sc1ccc(F)cc1C#N)C(=O)O. The fourth-order valence-corrected chi connectivity index (χ4v) is 1.98. The third-order valence-electron chi connectivity index (χ3n) is 1.94. The molecule has 0 amide bonds. The Hall–Kier alpha value is -1.54. The molecule has 0 unspecified atom stereocenters. The largest absolute Gasteiger partial charge is 0.480 e. The molecule has 5 heteroatoms. The highest BCUT2D eigenvalue weighted by Gasteiger charge is 2.29. The van der Waals surface area contributed by atoms with Crippen LogP contribution in [0, 0.1) is 17.1 Å². The maximum atomic E-state index is 12.8. The molecular weight excluding hydrogens is 229 g/mol. The first-order valence-electron chi connectivity index (χ1n) is 4.49. The molecule has 0 aliphatic heterocycles. The molecule has 0 saturated carbocycles. The second kappa shape index (κ2) is 4.54. The van der Waals surface area contributed by atoms with Crippen molar-refractivity contribution in [3.63, 3.8) is 0 Å². The zero-order valence-corrected chi connectivity index (χ0v) is 9.64. The van der Waals surface area contributed by atoms with Crippen LogP contribution in [0.1, 0.15) is 19.4 Å². The topological polar surface area (TPSA) is 61.1 Å². The van der Waals surface area contributed by atoms with Gasteiger partial charge in [0, 0.05) is 4.90 Å². The van der Waals surface area contributed by atoms with E-state index in [1.54, 1.807) is 0 Å². The third kappa shape index (κ3) is 2.74. The molecule has 0 spiro atoms. The van der Waals surface area contributed by atoms with E-state index in [0.717, 1.165) is 17.8 Å². The van der Waals surface area contributed by atoms with E-state index in [2.05, 4.69) is 0 Å². The highest BCUT2D eigenvalue weighted by molar-refractivity contribution is 8.01. The van der Waals surface area contributed by atoms with Gasteiger partial charge in [-0.15, -0.1) is 11.8 Å². The lowest BCUT2D eigenvalue weighted by molar-refractivity contribution is -0.138. The molecule has 0 bridgehead atoms. The Bertz CT molecular complexity index is 466. The van der Waals surface area contributed by atoms with Crippen LogP contribution < -0.4 is 0 Å². The van der Waals surface area contributed by atoms with Crippen LogP contribution >= 0.6 is 11.8 Å². The van der Waals surface area contributed by atoms with Crippen LogP contribution in [0.25, 0.3) is 0 Å². The van der Waals surface area contributed by atoms with Crippen molar-refractivity contribution >= 4 is 17.7 Å². The van der Waals surface area contributed by atoms with Gasteiger partial charge in [-0.25, -0.2) is 4.39 Å². The number of halogens is 1. The molecule has 0 radical (unpaired) electrons. The highest BCUT2D eigenvalue weighted by Crippen LogP contribution is 2.34. The minimum absolute atomic E-state index is 0.152. The fourth-order valence-electron chi connectivity index (χ4n) is 0.997. The van der Waals surface area contributed by atoms with Gasteiger partial charge < -0.3 is 5.11 Å². The second-order valence-corrected chi connectivity index (χ2v) is 5.33. The number of thioether (sulfide) groups is 1. The van der Waals surface area contributed by atoms with Crippen LogP contribution in [0.5, 0.6) is 0 Å². The number of hydrogen-bond donors (Lipinski definition) is 1. The Balaban J connectivity index is 3.08. The van der Waals surface area contributed by atoms with Gasteiger partial charge in [0.1, 0.15) is 16.6 Å². The lowest BCUT2D eigenvalue weighted by Gasteiger charge is -2.18. The number of hydrogen-bond acceptors (Lipinski definition) is 3. The van der Waals surface area contributed by atoms with E-state index in [9.17, 15) is 9.18 Å². The molecule has 1 rings (SSSR count). The maximum absolute atomic E-state index is 12.8. The Morgan fingerprint density at radius 1 is 1.56 bits per heavy atom. The minimum atomic E-state index is -1.05. The van der Waals surface area contributed by atoms with Crippen molar-refractivity contribution in [2.24, 2.45) is 0 Å². The molecule has 84 valence electrons. The van der Waals surface area contributed by atoms with Crippen molar-refractivity contribution in [2.45, 2.75) is 23.5 Å². The number of nitrogens with zero attached hydrogens (tertiary/aromatic N) is 1. The Labute approximate surface area is 96.9 Å². The molecule has 16 heavy (non-hydrogen) atoms. The normalized spacial score (nSPS) is 10.9. The molecule has 0 aliphatic carbocycles. The van der Waals surface area contributed by atoms with Gasteiger partial charge in [0.25, 0.3) is 0 Å². The van der Waals surface area contributed by atoms with Crippen LogP contribution in [-0.4, -0.2) is 15.8 Å². The standard InChI is InChI=1S/C11H10FNO2S/c1-11(2,10(14)15)16-9-4-3-8(12)5-7(9)6-13/h3-5H,1-2H3,(H,14,15). The van der Waals surface area contributed by atoms with Gasteiger partial charge >= 0.3 is 5.97 Å². The number of rotatable bonds is 3. The van der Waals surface area contributed by atoms with E-state index >= 15 is 0 Å². The van der Waals surface area contributed by atoms with Crippen LogP contribution in [0.3, 0.4) is 0 Å². The van der Waals surface area contributed by atoms with Crippen molar-refractivity contribution in [2.75, 3.05) is 0 Å². The van der Waals surface area contributed by atoms with E-state index in [-0.39, 0.29) is 5.56 Å². The summed E-state index contributed by atoms with van der Waals surface area (Å²) in [7, 11) is 0. The lowest BCUT2D eigenvalue weighted by atomic mass is 10.2. The summed E-state index contributed by atoms with van der Waals surface area (Å²) in [5.41, 5.74) is 0.152. The summed E-state index contributed by atoms with van der Waals surface area (Å²) in [6.45, 7) is 3.06. The van der Waals surface area contributed by atoms with Gasteiger partial charge in [-0.1, -0.05) is 0 Å². The zero-order chi connectivity index (χ0) is 12.3. The number of benzene rings is 1. The molecule has 1 aromatic carbocycles. The fraction of sp³-hybridized carbons (Fsp3) is 0.273. The first kappa shape index (κ1) is 12.5. The molecule has 3 nitrogen and oxygen atoms in total. The summed E-state index contributed by atoms with van der Waals surface area (Å²) in [5.74, 6) is -1.49. The molecule has 0 aromatic heterocycles. The van der Waals surface area contributed by atoms with Gasteiger partial charge in [0.2, 0.25) is 0 Å². The van der Waals surface area contributed by atoms with Gasteiger partial charge in [-0.3, -0.25) is 4.79 Å². The van der Waals surface area contributed by atoms with Gasteiger partial charge in [-0.05, 0) is 32.0 Å². The number of carboxylic acids is 1. The van der Waals surface area contributed by atoms with Crippen molar-refractivity contribution in [1.29, 1.82) is 5.26 Å². The summed E-state index contributed by atoms with van der Waals surface area (Å²) in [6.07, 6.45) is 0. The van der Waals surface area contributed by atoms with Gasteiger partial charge in [0.15, 0.2) is 0 Å². The summed E-state index contributed by atoms with van der Waals surface area (Å²) in [5, 5.41) is 17.7. The predicted octanol–water partition coefficient (Wildman–Crippen LogP) is 2.65. The molecule has 0 heterocycles. The Morgan fingerprint density at radius 3 is 2.69 bits per heavy atom. The van der Waals surface area contributed by atoms with Crippen LogP contribution in [0.2, 0.25) is 0 Å². The molecule has 0 saturated heterocycles. The number of carboxylic acid groups (broad SMARTS) is 1. The van der Waals surface area contributed by atoms with E-state index in [1.807, 2.05) is 6.07 Å². The first-order chi connectivity index (χ1) is 7.36. The van der Waals surface area contributed by atoms with Crippen LogP contribution in [-0.2, 0) is 4.79 Å². The second-order valence-electron chi connectivity index (χ2n) is 3.67. The van der Waals surface area contributed by atoms with Crippen molar-refractivity contribution < 1.29 is 14.3 Å². The maximum Gasteiger partial charge on any atom is 0.319 e. The summed E-state index contributed by atoms with van der Waals surface area (Å²) in [6, 6.07) is 5.57. The van der Waals surface area contributed by atoms with Gasteiger partial charge in [-0.2, -0.15) is 5.26 Å². The number of nitriles is 1.